The fourth-order valence-corrected chi connectivity index (χ4v) is 2.02. The van der Waals surface area contributed by atoms with Crippen LogP contribution in [0.15, 0.2) is 24.4 Å². The molecule has 0 bridgehead atoms. The number of benzene rings is 1. The van der Waals surface area contributed by atoms with Gasteiger partial charge in [-0.1, -0.05) is 11.6 Å². The van der Waals surface area contributed by atoms with Gasteiger partial charge >= 0.3 is 6.18 Å². The number of rotatable bonds is 2. The fraction of sp³-hybridized carbons (Fsp3) is 0.154. The van der Waals surface area contributed by atoms with E-state index in [1.54, 1.807) is 0 Å². The maximum absolute atomic E-state index is 12.6. The molecule has 0 unspecified atom stereocenters. The number of aromatic nitrogens is 2. The van der Waals surface area contributed by atoms with E-state index in [1.807, 2.05) is 6.07 Å². The van der Waals surface area contributed by atoms with Gasteiger partial charge in [-0.3, -0.25) is 4.79 Å². The first-order valence-electron chi connectivity index (χ1n) is 5.87. The SMILES string of the molecule is CC(=O)Nc1c(C#N)cnn1-c1ccc(C(F)(F)F)cc1Cl. The summed E-state index contributed by atoms with van der Waals surface area (Å²) in [6.07, 6.45) is -3.34. The minimum absolute atomic E-state index is 0.0386. The fourth-order valence-electron chi connectivity index (χ4n) is 1.75. The van der Waals surface area contributed by atoms with Crippen LogP contribution < -0.4 is 5.32 Å². The Labute approximate surface area is 127 Å². The summed E-state index contributed by atoms with van der Waals surface area (Å²) >= 11 is 5.87. The number of carbonyl (C=O) groups is 1. The molecule has 0 saturated carbocycles. The molecule has 0 aliphatic rings. The molecule has 0 atom stereocenters. The van der Waals surface area contributed by atoms with Crippen molar-refractivity contribution in [3.63, 3.8) is 0 Å². The number of alkyl halides is 3. The molecule has 9 heteroatoms. The number of nitrogens with one attached hydrogen (secondary N) is 1. The monoisotopic (exact) mass is 328 g/mol. The molecule has 0 saturated heterocycles. The third-order valence-electron chi connectivity index (χ3n) is 2.69. The third-order valence-corrected chi connectivity index (χ3v) is 2.99. The van der Waals surface area contributed by atoms with Gasteiger partial charge in [0.15, 0.2) is 5.82 Å². The molecule has 0 aliphatic carbocycles. The molecule has 2 rings (SSSR count). The van der Waals surface area contributed by atoms with Gasteiger partial charge in [0, 0.05) is 6.92 Å². The molecule has 1 amide bonds. The lowest BCUT2D eigenvalue weighted by molar-refractivity contribution is -0.137. The maximum Gasteiger partial charge on any atom is 0.416 e. The second-order valence-electron chi connectivity index (χ2n) is 4.28. The quantitative estimate of drug-likeness (QED) is 0.918. The third kappa shape index (κ3) is 3.04. The Hall–Kier alpha value is -2.53. The van der Waals surface area contributed by atoms with Crippen LogP contribution in [-0.2, 0) is 11.0 Å². The molecule has 1 aromatic heterocycles. The number of nitrogens with zero attached hydrogens (tertiary/aromatic N) is 3. The van der Waals surface area contributed by atoms with Crippen molar-refractivity contribution >= 4 is 23.3 Å². The zero-order valence-corrected chi connectivity index (χ0v) is 11.8. The van der Waals surface area contributed by atoms with Crippen LogP contribution in [0.4, 0.5) is 19.0 Å². The highest BCUT2D eigenvalue weighted by Gasteiger charge is 2.31. The summed E-state index contributed by atoms with van der Waals surface area (Å²) in [5.74, 6) is -0.419. The molecule has 1 aromatic carbocycles. The second kappa shape index (κ2) is 5.69. The minimum Gasteiger partial charge on any atom is -0.310 e. The maximum atomic E-state index is 12.6. The van der Waals surface area contributed by atoms with E-state index in [-0.39, 0.29) is 22.1 Å². The van der Waals surface area contributed by atoms with E-state index in [4.69, 9.17) is 16.9 Å². The van der Waals surface area contributed by atoms with E-state index >= 15 is 0 Å². The Morgan fingerprint density at radius 1 is 1.45 bits per heavy atom. The first-order chi connectivity index (χ1) is 10.2. The van der Waals surface area contributed by atoms with Crippen LogP contribution in [0, 0.1) is 11.3 Å². The summed E-state index contributed by atoms with van der Waals surface area (Å²) in [4.78, 5) is 11.2. The van der Waals surface area contributed by atoms with Gasteiger partial charge in [0.1, 0.15) is 11.6 Å². The average molecular weight is 329 g/mol. The summed E-state index contributed by atoms with van der Waals surface area (Å²) in [6.45, 7) is 1.23. The van der Waals surface area contributed by atoms with Crippen LogP contribution in [-0.4, -0.2) is 15.7 Å². The lowest BCUT2D eigenvalue weighted by Gasteiger charge is -2.12. The predicted octanol–water partition coefficient (Wildman–Crippen LogP) is 3.37. The number of carbonyl (C=O) groups excluding carboxylic acids is 1. The van der Waals surface area contributed by atoms with Gasteiger partial charge in [-0.05, 0) is 18.2 Å². The molecular weight excluding hydrogens is 321 g/mol. The summed E-state index contributed by atoms with van der Waals surface area (Å²) in [6, 6.07) is 4.53. The lowest BCUT2D eigenvalue weighted by Crippen LogP contribution is -2.13. The van der Waals surface area contributed by atoms with Crippen molar-refractivity contribution in [1.29, 1.82) is 5.26 Å². The zero-order chi connectivity index (χ0) is 16.5. The number of hydrogen-bond donors (Lipinski definition) is 1. The van der Waals surface area contributed by atoms with E-state index in [9.17, 15) is 18.0 Å². The standard InChI is InChI=1S/C13H8ClF3N4O/c1-7(22)20-12-8(5-18)6-19-21(12)11-3-2-9(4-10(11)14)13(15,16)17/h2-4,6H,1H3,(H,20,22). The number of nitriles is 1. The molecule has 0 fully saturated rings. The van der Waals surface area contributed by atoms with E-state index in [1.165, 1.54) is 13.1 Å². The first-order valence-corrected chi connectivity index (χ1v) is 6.24. The van der Waals surface area contributed by atoms with E-state index < -0.39 is 17.6 Å². The average Bonchev–Trinajstić information content (AvgIpc) is 2.79. The molecule has 1 N–H and O–H groups in total. The van der Waals surface area contributed by atoms with Crippen LogP contribution in [0.2, 0.25) is 5.02 Å². The Morgan fingerprint density at radius 3 is 2.64 bits per heavy atom. The van der Waals surface area contributed by atoms with Gasteiger partial charge in [0.05, 0.1) is 22.5 Å². The normalized spacial score (nSPS) is 11.1. The molecule has 0 radical (unpaired) electrons. The highest BCUT2D eigenvalue weighted by Crippen LogP contribution is 2.34. The van der Waals surface area contributed by atoms with Crippen LogP contribution in [0.1, 0.15) is 18.1 Å². The Balaban J connectivity index is 2.56. The Kier molecular flexibility index (Phi) is 4.10. The van der Waals surface area contributed by atoms with E-state index in [2.05, 4.69) is 10.4 Å². The summed E-state index contributed by atoms with van der Waals surface area (Å²) in [5, 5.41) is 15.0. The van der Waals surface area contributed by atoms with Crippen LogP contribution in [0.3, 0.4) is 0 Å². The first kappa shape index (κ1) is 15.9. The molecule has 0 spiro atoms. The summed E-state index contributed by atoms with van der Waals surface area (Å²) in [7, 11) is 0. The van der Waals surface area contributed by atoms with Gasteiger partial charge < -0.3 is 5.32 Å². The van der Waals surface area contributed by atoms with Crippen molar-refractivity contribution in [2.24, 2.45) is 0 Å². The van der Waals surface area contributed by atoms with Crippen molar-refractivity contribution in [2.75, 3.05) is 5.32 Å². The lowest BCUT2D eigenvalue weighted by atomic mass is 10.2. The Bertz CT molecular complexity index is 777. The van der Waals surface area contributed by atoms with E-state index in [0.717, 1.165) is 22.9 Å². The van der Waals surface area contributed by atoms with Gasteiger partial charge in [0.2, 0.25) is 5.91 Å². The number of anilines is 1. The predicted molar refractivity (Wildman–Crippen MR) is 72.6 cm³/mol. The minimum atomic E-state index is -4.52. The van der Waals surface area contributed by atoms with Crippen LogP contribution in [0.5, 0.6) is 0 Å². The van der Waals surface area contributed by atoms with Crippen molar-refractivity contribution in [1.82, 2.24) is 9.78 Å². The highest BCUT2D eigenvalue weighted by molar-refractivity contribution is 6.32. The van der Waals surface area contributed by atoms with Crippen molar-refractivity contribution in [3.8, 4) is 11.8 Å². The topological polar surface area (TPSA) is 70.7 Å². The number of hydrogen-bond acceptors (Lipinski definition) is 3. The van der Waals surface area contributed by atoms with Crippen LogP contribution in [0.25, 0.3) is 5.69 Å². The summed E-state index contributed by atoms with van der Waals surface area (Å²) in [5.41, 5.74) is -0.735. The Morgan fingerprint density at radius 2 is 2.14 bits per heavy atom. The second-order valence-corrected chi connectivity index (χ2v) is 4.68. The molecule has 5 nitrogen and oxygen atoms in total. The summed E-state index contributed by atoms with van der Waals surface area (Å²) < 4.78 is 39.0. The largest absolute Gasteiger partial charge is 0.416 e. The van der Waals surface area contributed by atoms with Gasteiger partial charge in [-0.25, -0.2) is 4.68 Å². The molecular formula is C13H8ClF3N4O. The van der Waals surface area contributed by atoms with E-state index in [0.29, 0.717) is 0 Å². The molecule has 114 valence electrons. The molecule has 2 aromatic rings. The smallest absolute Gasteiger partial charge is 0.310 e. The number of halogens is 4. The molecule has 22 heavy (non-hydrogen) atoms. The molecule has 1 heterocycles. The van der Waals surface area contributed by atoms with Gasteiger partial charge in [0.25, 0.3) is 0 Å². The number of amides is 1. The molecule has 0 aliphatic heterocycles. The van der Waals surface area contributed by atoms with Gasteiger partial charge in [-0.15, -0.1) is 0 Å². The highest BCUT2D eigenvalue weighted by atomic mass is 35.5. The van der Waals surface area contributed by atoms with Crippen molar-refractivity contribution < 1.29 is 18.0 Å². The zero-order valence-electron chi connectivity index (χ0n) is 11.1. The van der Waals surface area contributed by atoms with Crippen molar-refractivity contribution in [2.45, 2.75) is 13.1 Å². The van der Waals surface area contributed by atoms with Gasteiger partial charge in [-0.2, -0.15) is 23.5 Å². The van der Waals surface area contributed by atoms with Crippen molar-refractivity contribution in [3.05, 3.63) is 40.5 Å². The van der Waals surface area contributed by atoms with Crippen LogP contribution >= 0.6 is 11.6 Å².